The fourth-order valence-electron chi connectivity index (χ4n) is 1.98. The monoisotopic (exact) mass is 309 g/mol. The minimum absolute atomic E-state index is 0.184. The molecule has 0 radical (unpaired) electrons. The van der Waals surface area contributed by atoms with Crippen LogP contribution in [0.1, 0.15) is 12.7 Å². The molecule has 7 heteroatoms. The zero-order chi connectivity index (χ0) is 15.5. The van der Waals surface area contributed by atoms with Gasteiger partial charge in [0.1, 0.15) is 11.9 Å². The first kappa shape index (κ1) is 15.5. The number of aryl methyl sites for hydroxylation is 1. The summed E-state index contributed by atoms with van der Waals surface area (Å²) in [7, 11) is -4.38. The van der Waals surface area contributed by atoms with Gasteiger partial charge in [-0.1, -0.05) is 37.3 Å². The van der Waals surface area contributed by atoms with Crippen molar-refractivity contribution >= 4 is 19.4 Å². The Hall–Kier alpha value is -1.88. The number of nitrogens with one attached hydrogen (secondary N) is 1. The van der Waals surface area contributed by atoms with Crippen LogP contribution in [0, 0.1) is 0 Å². The molecule has 0 fully saturated rings. The standard InChI is InChI=1S/C14H16NO5P/c1-2-12-11(10-6-4-3-5-7-10)8-14(20-12)15-13(16)9-21(17,18)19/h3-8H,2,9H2,1H3,(H,15,16)(H2,17,18,19). The molecular weight excluding hydrogens is 293 g/mol. The van der Waals surface area contributed by atoms with E-state index in [2.05, 4.69) is 5.32 Å². The van der Waals surface area contributed by atoms with E-state index in [1.54, 1.807) is 6.07 Å². The molecule has 112 valence electrons. The van der Waals surface area contributed by atoms with Crippen LogP contribution in [-0.4, -0.2) is 21.9 Å². The first-order chi connectivity index (χ1) is 9.89. The topological polar surface area (TPSA) is 99.8 Å². The first-order valence-corrected chi connectivity index (χ1v) is 8.21. The summed E-state index contributed by atoms with van der Waals surface area (Å²) in [4.78, 5) is 29.0. The number of hydrogen-bond donors (Lipinski definition) is 3. The second kappa shape index (κ2) is 6.26. The zero-order valence-electron chi connectivity index (χ0n) is 11.4. The van der Waals surface area contributed by atoms with Crippen molar-refractivity contribution in [3.8, 4) is 11.1 Å². The molecule has 0 saturated carbocycles. The molecule has 21 heavy (non-hydrogen) atoms. The molecule has 0 aliphatic heterocycles. The molecule has 1 aromatic heterocycles. The third-order valence-electron chi connectivity index (χ3n) is 2.83. The molecule has 6 nitrogen and oxygen atoms in total. The molecular formula is C14H16NO5P. The van der Waals surface area contributed by atoms with Crippen LogP contribution in [0.4, 0.5) is 5.88 Å². The minimum Gasteiger partial charge on any atom is -0.445 e. The lowest BCUT2D eigenvalue weighted by molar-refractivity contribution is -0.114. The van der Waals surface area contributed by atoms with Gasteiger partial charge in [-0.15, -0.1) is 0 Å². The van der Waals surface area contributed by atoms with Gasteiger partial charge in [-0.05, 0) is 5.56 Å². The number of rotatable bonds is 5. The van der Waals surface area contributed by atoms with Crippen LogP contribution in [0.25, 0.3) is 11.1 Å². The molecule has 0 saturated heterocycles. The molecule has 2 rings (SSSR count). The van der Waals surface area contributed by atoms with Gasteiger partial charge in [0.05, 0.1) is 0 Å². The average molecular weight is 309 g/mol. The van der Waals surface area contributed by atoms with E-state index in [1.807, 2.05) is 37.3 Å². The van der Waals surface area contributed by atoms with E-state index < -0.39 is 19.7 Å². The Balaban J connectivity index is 2.22. The summed E-state index contributed by atoms with van der Waals surface area (Å²) >= 11 is 0. The number of furan rings is 1. The third-order valence-corrected chi connectivity index (χ3v) is 3.53. The highest BCUT2D eigenvalue weighted by molar-refractivity contribution is 7.52. The lowest BCUT2D eigenvalue weighted by atomic mass is 10.1. The van der Waals surface area contributed by atoms with Gasteiger partial charge < -0.3 is 14.2 Å². The molecule has 1 heterocycles. The van der Waals surface area contributed by atoms with E-state index in [1.165, 1.54) is 0 Å². The van der Waals surface area contributed by atoms with Crippen molar-refractivity contribution in [2.45, 2.75) is 13.3 Å². The van der Waals surface area contributed by atoms with Gasteiger partial charge in [0.2, 0.25) is 5.91 Å². The van der Waals surface area contributed by atoms with Crippen LogP contribution in [0.15, 0.2) is 40.8 Å². The summed E-state index contributed by atoms with van der Waals surface area (Å²) in [5, 5.41) is 2.37. The number of anilines is 1. The Morgan fingerprint density at radius 3 is 2.52 bits per heavy atom. The molecule has 0 spiro atoms. The molecule has 1 amide bonds. The SMILES string of the molecule is CCc1oc(NC(=O)CP(=O)(O)O)cc1-c1ccccc1. The number of amides is 1. The molecule has 0 aliphatic rings. The normalized spacial score (nSPS) is 11.4. The van der Waals surface area contributed by atoms with Crippen molar-refractivity contribution < 1.29 is 23.6 Å². The molecule has 0 bridgehead atoms. The summed E-state index contributed by atoms with van der Waals surface area (Å²) in [6, 6.07) is 11.2. The predicted molar refractivity (Wildman–Crippen MR) is 79.1 cm³/mol. The second-order valence-corrected chi connectivity index (χ2v) is 6.18. The van der Waals surface area contributed by atoms with Crippen LogP contribution in [0.2, 0.25) is 0 Å². The van der Waals surface area contributed by atoms with Gasteiger partial charge in [0.15, 0.2) is 5.88 Å². The van der Waals surface area contributed by atoms with Crippen LogP contribution in [0.3, 0.4) is 0 Å². The Bertz CT molecular complexity index is 674. The minimum atomic E-state index is -4.38. The summed E-state index contributed by atoms with van der Waals surface area (Å²) in [6.07, 6.45) is -0.228. The first-order valence-electron chi connectivity index (χ1n) is 6.41. The molecule has 1 aromatic carbocycles. The summed E-state index contributed by atoms with van der Waals surface area (Å²) < 4.78 is 16.3. The molecule has 0 aliphatic carbocycles. The van der Waals surface area contributed by atoms with Crippen LogP contribution in [-0.2, 0) is 15.8 Å². The lowest BCUT2D eigenvalue weighted by Crippen LogP contribution is -2.15. The second-order valence-electron chi connectivity index (χ2n) is 4.54. The quantitative estimate of drug-likeness (QED) is 0.737. The maximum Gasteiger partial charge on any atom is 0.334 e. The lowest BCUT2D eigenvalue weighted by Gasteiger charge is -2.03. The highest BCUT2D eigenvalue weighted by atomic mass is 31.2. The zero-order valence-corrected chi connectivity index (χ0v) is 12.3. The van der Waals surface area contributed by atoms with Crippen molar-refractivity contribution in [1.29, 1.82) is 0 Å². The van der Waals surface area contributed by atoms with Crippen molar-refractivity contribution in [3.05, 3.63) is 42.2 Å². The van der Waals surface area contributed by atoms with Gasteiger partial charge in [0, 0.05) is 18.1 Å². The fourth-order valence-corrected chi connectivity index (χ4v) is 2.43. The molecule has 3 N–H and O–H groups in total. The molecule has 0 atom stereocenters. The number of carbonyl (C=O) groups excluding carboxylic acids is 1. The van der Waals surface area contributed by atoms with Crippen molar-refractivity contribution in [3.63, 3.8) is 0 Å². The van der Waals surface area contributed by atoms with E-state index in [-0.39, 0.29) is 5.88 Å². The van der Waals surface area contributed by atoms with Gasteiger partial charge in [-0.2, -0.15) is 0 Å². The number of benzene rings is 1. The van der Waals surface area contributed by atoms with Gasteiger partial charge in [0.25, 0.3) is 0 Å². The highest BCUT2D eigenvalue weighted by Crippen LogP contribution is 2.35. The summed E-state index contributed by atoms with van der Waals surface area (Å²) in [5.74, 6) is 0.108. The van der Waals surface area contributed by atoms with E-state index in [9.17, 15) is 9.36 Å². The third kappa shape index (κ3) is 4.29. The maximum absolute atomic E-state index is 11.5. The molecule has 0 unspecified atom stereocenters. The Morgan fingerprint density at radius 1 is 1.29 bits per heavy atom. The van der Waals surface area contributed by atoms with Gasteiger partial charge in [-0.3, -0.25) is 14.7 Å². The van der Waals surface area contributed by atoms with Crippen LogP contribution < -0.4 is 5.32 Å². The van der Waals surface area contributed by atoms with E-state index >= 15 is 0 Å². The van der Waals surface area contributed by atoms with Crippen LogP contribution in [0.5, 0.6) is 0 Å². The van der Waals surface area contributed by atoms with Crippen molar-refractivity contribution in [2.24, 2.45) is 0 Å². The summed E-state index contributed by atoms with van der Waals surface area (Å²) in [5.41, 5.74) is 1.80. The maximum atomic E-state index is 11.5. The number of hydrogen-bond acceptors (Lipinski definition) is 3. The van der Waals surface area contributed by atoms with E-state index in [4.69, 9.17) is 14.2 Å². The highest BCUT2D eigenvalue weighted by Gasteiger charge is 2.20. The largest absolute Gasteiger partial charge is 0.445 e. The number of carbonyl (C=O) groups is 1. The van der Waals surface area contributed by atoms with Crippen LogP contribution >= 0.6 is 7.60 Å². The molecule has 2 aromatic rings. The van der Waals surface area contributed by atoms with E-state index in [0.29, 0.717) is 12.2 Å². The average Bonchev–Trinajstić information content (AvgIpc) is 2.80. The summed E-state index contributed by atoms with van der Waals surface area (Å²) in [6.45, 7) is 1.92. The predicted octanol–water partition coefficient (Wildman–Crippen LogP) is 2.63. The van der Waals surface area contributed by atoms with E-state index in [0.717, 1.165) is 11.1 Å². The Morgan fingerprint density at radius 2 is 1.95 bits per heavy atom. The smallest absolute Gasteiger partial charge is 0.334 e. The van der Waals surface area contributed by atoms with Gasteiger partial charge >= 0.3 is 7.60 Å². The Kier molecular flexibility index (Phi) is 4.63. The van der Waals surface area contributed by atoms with Crippen molar-refractivity contribution in [1.82, 2.24) is 0 Å². The van der Waals surface area contributed by atoms with Gasteiger partial charge in [-0.25, -0.2) is 0 Å². The Labute approximate surface area is 122 Å². The van der Waals surface area contributed by atoms with Crippen molar-refractivity contribution in [2.75, 3.05) is 11.5 Å². The fraction of sp³-hybridized carbons (Fsp3) is 0.214.